The van der Waals surface area contributed by atoms with E-state index in [1.807, 2.05) is 0 Å². The van der Waals surface area contributed by atoms with Gasteiger partial charge >= 0.3 is 21.6 Å². The molecule has 1 aromatic carbocycles. The third-order valence-electron chi connectivity index (χ3n) is 2.72. The molecule has 0 spiro atoms. The molecule has 0 unspecified atom stereocenters. The maximum Gasteiger partial charge on any atom is 0.534 e. The van der Waals surface area contributed by atoms with E-state index in [4.69, 9.17) is 0 Å². The highest BCUT2D eigenvalue weighted by molar-refractivity contribution is 7.87. The largest absolute Gasteiger partial charge is 0.534 e. The van der Waals surface area contributed by atoms with E-state index in [1.165, 1.54) is 12.1 Å². The van der Waals surface area contributed by atoms with Gasteiger partial charge in [-0.2, -0.15) is 21.6 Å². The molecule has 2 aromatic rings. The molecule has 0 saturated heterocycles. The Morgan fingerprint density at radius 3 is 2.43 bits per heavy atom. The van der Waals surface area contributed by atoms with E-state index in [0.717, 1.165) is 19.4 Å². The third kappa shape index (κ3) is 3.04. The number of fused-ring (bicyclic) bond motifs is 1. The predicted molar refractivity (Wildman–Crippen MR) is 68.6 cm³/mol. The Balaban J connectivity index is 2.59. The molecule has 0 bridgehead atoms. The Morgan fingerprint density at radius 1 is 1.22 bits per heavy atom. The number of methoxy groups -OCH3 is 1. The summed E-state index contributed by atoms with van der Waals surface area (Å²) in [5.74, 6) is -3.66. The Labute approximate surface area is 126 Å². The van der Waals surface area contributed by atoms with Crippen LogP contribution in [0.2, 0.25) is 0 Å². The van der Waals surface area contributed by atoms with Crippen molar-refractivity contribution in [1.82, 2.24) is 4.98 Å². The van der Waals surface area contributed by atoms with Crippen LogP contribution in [-0.4, -0.2) is 32.0 Å². The molecule has 0 aliphatic carbocycles. The van der Waals surface area contributed by atoms with Crippen LogP contribution in [0.4, 0.5) is 17.6 Å². The molecule has 0 radical (unpaired) electrons. The quantitative estimate of drug-likeness (QED) is 0.365. The van der Waals surface area contributed by atoms with E-state index in [-0.39, 0.29) is 16.3 Å². The van der Waals surface area contributed by atoms with Crippen molar-refractivity contribution in [3.63, 3.8) is 0 Å². The summed E-state index contributed by atoms with van der Waals surface area (Å²) in [6.07, 6.45) is 0.811. The first-order chi connectivity index (χ1) is 10.6. The molecule has 0 fully saturated rings. The first-order valence-corrected chi connectivity index (χ1v) is 7.15. The lowest BCUT2D eigenvalue weighted by Crippen LogP contribution is -2.28. The monoisotopic (exact) mass is 353 g/mol. The number of pyridine rings is 1. The Kier molecular flexibility index (Phi) is 4.16. The molecule has 1 heterocycles. The smallest absolute Gasteiger partial charge is 0.465 e. The third-order valence-corrected chi connectivity index (χ3v) is 3.66. The van der Waals surface area contributed by atoms with Crippen molar-refractivity contribution in [3.05, 3.63) is 35.8 Å². The lowest BCUT2D eigenvalue weighted by Gasteiger charge is -2.11. The fourth-order valence-electron chi connectivity index (χ4n) is 1.69. The summed E-state index contributed by atoms with van der Waals surface area (Å²) < 4.78 is 80.9. The first kappa shape index (κ1) is 16.9. The molecule has 124 valence electrons. The number of nitrogens with zero attached hydrogens (tertiary/aromatic N) is 1. The van der Waals surface area contributed by atoms with Gasteiger partial charge in [-0.15, -0.1) is 0 Å². The summed E-state index contributed by atoms with van der Waals surface area (Å²) in [4.78, 5) is 14.7. The van der Waals surface area contributed by atoms with Crippen molar-refractivity contribution in [1.29, 1.82) is 0 Å². The number of benzene rings is 1. The molecule has 0 saturated carbocycles. The van der Waals surface area contributed by atoms with Gasteiger partial charge in [0.15, 0.2) is 5.82 Å². The van der Waals surface area contributed by atoms with Gasteiger partial charge in [0, 0.05) is 17.0 Å². The number of carbonyl (C=O) groups is 1. The van der Waals surface area contributed by atoms with Crippen LogP contribution >= 0.6 is 0 Å². The number of carbonyl (C=O) groups excluding carboxylic acids is 1. The van der Waals surface area contributed by atoms with Gasteiger partial charge in [-0.05, 0) is 6.07 Å². The lowest BCUT2D eigenvalue weighted by atomic mass is 10.1. The molecule has 11 heteroatoms. The minimum absolute atomic E-state index is 0.0754. The Morgan fingerprint density at radius 2 is 1.87 bits per heavy atom. The maximum atomic E-state index is 14.2. The summed E-state index contributed by atoms with van der Waals surface area (Å²) in [7, 11) is -4.99. The van der Waals surface area contributed by atoms with Crippen LogP contribution in [-0.2, 0) is 14.9 Å². The minimum Gasteiger partial charge on any atom is -0.465 e. The highest BCUT2D eigenvalue weighted by Crippen LogP contribution is 2.31. The van der Waals surface area contributed by atoms with Gasteiger partial charge in [0.2, 0.25) is 0 Å². The van der Waals surface area contributed by atoms with Gasteiger partial charge in [0.25, 0.3) is 5.88 Å². The van der Waals surface area contributed by atoms with Crippen molar-refractivity contribution < 1.29 is 39.7 Å². The van der Waals surface area contributed by atoms with Crippen LogP contribution in [0.15, 0.2) is 24.4 Å². The second-order valence-electron chi connectivity index (χ2n) is 4.12. The number of hydrogen-bond donors (Lipinski definition) is 0. The normalized spacial score (nSPS) is 12.2. The highest BCUT2D eigenvalue weighted by Gasteiger charge is 2.49. The fourth-order valence-corrected chi connectivity index (χ4v) is 2.11. The van der Waals surface area contributed by atoms with Gasteiger partial charge in [0.1, 0.15) is 0 Å². The van der Waals surface area contributed by atoms with E-state index in [0.29, 0.717) is 0 Å². The number of esters is 1. The topological polar surface area (TPSA) is 82.6 Å². The number of hydrogen-bond acceptors (Lipinski definition) is 6. The van der Waals surface area contributed by atoms with Crippen molar-refractivity contribution in [2.45, 2.75) is 5.51 Å². The first-order valence-electron chi connectivity index (χ1n) is 5.75. The van der Waals surface area contributed by atoms with Gasteiger partial charge in [0.05, 0.1) is 12.7 Å². The second kappa shape index (κ2) is 5.65. The molecule has 0 amide bonds. The van der Waals surface area contributed by atoms with Crippen LogP contribution < -0.4 is 4.18 Å². The zero-order chi connectivity index (χ0) is 17.4. The number of ether oxygens (including phenoxy) is 1. The summed E-state index contributed by atoms with van der Waals surface area (Å²) in [5, 5.41) is -0.427. The zero-order valence-corrected chi connectivity index (χ0v) is 12.0. The molecule has 6 nitrogen and oxygen atoms in total. The van der Waals surface area contributed by atoms with E-state index in [1.54, 1.807) is 0 Å². The average molecular weight is 353 g/mol. The lowest BCUT2D eigenvalue weighted by molar-refractivity contribution is -0.0502. The molecule has 0 N–H and O–H groups in total. The van der Waals surface area contributed by atoms with E-state index < -0.39 is 33.3 Å². The molecule has 0 atom stereocenters. The van der Waals surface area contributed by atoms with E-state index in [9.17, 15) is 30.8 Å². The summed E-state index contributed by atoms with van der Waals surface area (Å²) in [5.41, 5.74) is -5.83. The van der Waals surface area contributed by atoms with Crippen LogP contribution in [0, 0.1) is 5.82 Å². The van der Waals surface area contributed by atoms with Crippen LogP contribution in [0.25, 0.3) is 10.8 Å². The molecule has 0 aliphatic rings. The fraction of sp³-hybridized carbons (Fsp3) is 0.167. The average Bonchev–Trinajstić information content (AvgIpc) is 2.47. The summed E-state index contributed by atoms with van der Waals surface area (Å²) in [6, 6.07) is 3.63. The molecule has 1 aromatic heterocycles. The zero-order valence-electron chi connectivity index (χ0n) is 11.2. The van der Waals surface area contributed by atoms with Gasteiger partial charge in [-0.1, -0.05) is 12.1 Å². The van der Waals surface area contributed by atoms with Crippen LogP contribution in [0.5, 0.6) is 5.88 Å². The summed E-state index contributed by atoms with van der Waals surface area (Å²) >= 11 is 0. The Hall–Kier alpha value is -2.43. The number of alkyl halides is 3. The van der Waals surface area contributed by atoms with E-state index in [2.05, 4.69) is 13.9 Å². The van der Waals surface area contributed by atoms with Gasteiger partial charge in [-0.3, -0.25) is 0 Å². The second-order valence-corrected chi connectivity index (χ2v) is 5.66. The van der Waals surface area contributed by atoms with Crippen LogP contribution in [0.3, 0.4) is 0 Å². The van der Waals surface area contributed by atoms with Crippen LogP contribution in [0.1, 0.15) is 10.4 Å². The standard InChI is InChI=1S/C12H7F4NO5S/c1-21-11(18)7-4-2-3-6-8(7)5-17-10(9(6)13)22-23(19,20)12(14,15)16/h2-5H,1H3. The van der Waals surface area contributed by atoms with Crippen molar-refractivity contribution in [2.75, 3.05) is 7.11 Å². The predicted octanol–water partition coefficient (Wildman–Crippen LogP) is 2.39. The van der Waals surface area contributed by atoms with E-state index >= 15 is 0 Å². The number of halogens is 4. The molecular formula is C12H7F4NO5S. The van der Waals surface area contributed by atoms with Crippen molar-refractivity contribution in [3.8, 4) is 5.88 Å². The molecular weight excluding hydrogens is 346 g/mol. The Bertz CT molecular complexity index is 879. The minimum atomic E-state index is -6.07. The molecule has 2 rings (SSSR count). The van der Waals surface area contributed by atoms with Gasteiger partial charge < -0.3 is 8.92 Å². The van der Waals surface area contributed by atoms with Gasteiger partial charge in [-0.25, -0.2) is 14.2 Å². The molecule has 23 heavy (non-hydrogen) atoms. The number of rotatable bonds is 3. The van der Waals surface area contributed by atoms with Crippen molar-refractivity contribution in [2.24, 2.45) is 0 Å². The maximum absolute atomic E-state index is 14.2. The summed E-state index contributed by atoms with van der Waals surface area (Å²) in [6.45, 7) is 0. The highest BCUT2D eigenvalue weighted by atomic mass is 32.2. The SMILES string of the molecule is COC(=O)c1cccc2c(F)c(OS(=O)(=O)C(F)(F)F)ncc12. The molecule has 0 aliphatic heterocycles. The number of aromatic nitrogens is 1. The van der Waals surface area contributed by atoms with Crippen molar-refractivity contribution >= 4 is 26.9 Å².